The van der Waals surface area contributed by atoms with Gasteiger partial charge in [-0.15, -0.1) is 5.10 Å². The molecule has 0 aliphatic carbocycles. The van der Waals surface area contributed by atoms with Crippen LogP contribution in [0, 0.1) is 0 Å². The predicted molar refractivity (Wildman–Crippen MR) is 93.8 cm³/mol. The first-order valence-electron chi connectivity index (χ1n) is 7.66. The summed E-state index contributed by atoms with van der Waals surface area (Å²) >= 11 is 0. The third-order valence-electron chi connectivity index (χ3n) is 3.63. The summed E-state index contributed by atoms with van der Waals surface area (Å²) in [6, 6.07) is 12.0. The van der Waals surface area contributed by atoms with E-state index < -0.39 is 5.91 Å². The van der Waals surface area contributed by atoms with E-state index >= 15 is 0 Å². The molecule has 1 amide bonds. The number of aromatic nitrogens is 2. The highest BCUT2D eigenvalue weighted by atomic mass is 16.5. The van der Waals surface area contributed by atoms with Crippen molar-refractivity contribution in [1.29, 1.82) is 0 Å². The maximum absolute atomic E-state index is 12.5. The van der Waals surface area contributed by atoms with Gasteiger partial charge >= 0.3 is 6.01 Å². The van der Waals surface area contributed by atoms with Gasteiger partial charge in [0.25, 0.3) is 5.91 Å². The summed E-state index contributed by atoms with van der Waals surface area (Å²) in [5.41, 5.74) is 0.994. The molecule has 0 radical (unpaired) electrons. The summed E-state index contributed by atoms with van der Waals surface area (Å²) < 4.78 is 20.9. The lowest BCUT2D eigenvalue weighted by Gasteiger charge is -2.09. The number of methoxy groups -OCH3 is 3. The molecule has 8 nitrogen and oxygen atoms in total. The molecule has 8 heteroatoms. The number of hydrogen-bond donors (Lipinski definition) is 1. The first-order chi connectivity index (χ1) is 12.6. The number of nitrogens with zero attached hydrogens (tertiary/aromatic N) is 2. The molecule has 26 heavy (non-hydrogen) atoms. The molecule has 134 valence electrons. The molecule has 0 spiro atoms. The van der Waals surface area contributed by atoms with E-state index in [1.807, 2.05) is 0 Å². The monoisotopic (exact) mass is 355 g/mol. The van der Waals surface area contributed by atoms with Crippen molar-refractivity contribution < 1.29 is 23.4 Å². The fraction of sp³-hybridized carbons (Fsp3) is 0.167. The van der Waals surface area contributed by atoms with Crippen molar-refractivity contribution in [2.45, 2.75) is 0 Å². The number of amides is 1. The number of carbonyl (C=O) groups is 1. The van der Waals surface area contributed by atoms with Crippen molar-refractivity contribution in [1.82, 2.24) is 10.2 Å². The van der Waals surface area contributed by atoms with Crippen molar-refractivity contribution >= 4 is 11.9 Å². The van der Waals surface area contributed by atoms with Gasteiger partial charge in [-0.25, -0.2) is 0 Å². The quantitative estimate of drug-likeness (QED) is 0.726. The molecular weight excluding hydrogens is 338 g/mol. The van der Waals surface area contributed by atoms with Crippen LogP contribution in [-0.2, 0) is 0 Å². The summed E-state index contributed by atoms with van der Waals surface area (Å²) in [5, 5.41) is 10.3. The van der Waals surface area contributed by atoms with Crippen LogP contribution in [0.1, 0.15) is 10.4 Å². The second-order valence-electron chi connectivity index (χ2n) is 5.16. The van der Waals surface area contributed by atoms with Crippen LogP contribution in [0.2, 0.25) is 0 Å². The molecule has 0 saturated carbocycles. The van der Waals surface area contributed by atoms with E-state index in [0.29, 0.717) is 22.8 Å². The molecule has 3 rings (SSSR count). The Labute approximate surface area is 149 Å². The van der Waals surface area contributed by atoms with Gasteiger partial charge in [0.1, 0.15) is 17.2 Å². The average Bonchev–Trinajstić information content (AvgIpc) is 3.15. The van der Waals surface area contributed by atoms with E-state index in [4.69, 9.17) is 18.6 Å². The molecule has 0 unspecified atom stereocenters. The van der Waals surface area contributed by atoms with E-state index in [9.17, 15) is 4.79 Å². The maximum Gasteiger partial charge on any atom is 0.322 e. The number of nitrogens with one attached hydrogen (secondary N) is 1. The molecule has 0 atom stereocenters. The van der Waals surface area contributed by atoms with Gasteiger partial charge in [-0.1, -0.05) is 5.10 Å². The van der Waals surface area contributed by atoms with E-state index in [0.717, 1.165) is 0 Å². The largest absolute Gasteiger partial charge is 0.497 e. The predicted octanol–water partition coefficient (Wildman–Crippen LogP) is 3.01. The zero-order valence-corrected chi connectivity index (χ0v) is 14.5. The van der Waals surface area contributed by atoms with Crippen LogP contribution < -0.4 is 19.5 Å². The second-order valence-corrected chi connectivity index (χ2v) is 5.16. The van der Waals surface area contributed by atoms with Crippen LogP contribution in [0.5, 0.6) is 17.2 Å². The fourth-order valence-electron chi connectivity index (χ4n) is 2.28. The lowest BCUT2D eigenvalue weighted by atomic mass is 10.1. The van der Waals surface area contributed by atoms with E-state index in [1.54, 1.807) is 49.6 Å². The minimum Gasteiger partial charge on any atom is -0.497 e. The van der Waals surface area contributed by atoms with E-state index in [-0.39, 0.29) is 17.5 Å². The van der Waals surface area contributed by atoms with Gasteiger partial charge in [0.15, 0.2) is 0 Å². The Balaban J connectivity index is 1.79. The summed E-state index contributed by atoms with van der Waals surface area (Å²) in [5.74, 6) is 1.47. The minimum absolute atomic E-state index is 0.0225. The van der Waals surface area contributed by atoms with Crippen LogP contribution in [0.4, 0.5) is 6.01 Å². The Morgan fingerprint density at radius 3 is 2.27 bits per heavy atom. The third-order valence-corrected chi connectivity index (χ3v) is 3.63. The third kappa shape index (κ3) is 3.59. The minimum atomic E-state index is -0.453. The Morgan fingerprint density at radius 2 is 1.62 bits per heavy atom. The first-order valence-corrected chi connectivity index (χ1v) is 7.66. The topological polar surface area (TPSA) is 95.7 Å². The van der Waals surface area contributed by atoms with Gasteiger partial charge in [-0.3, -0.25) is 10.1 Å². The van der Waals surface area contributed by atoms with Gasteiger partial charge in [0.05, 0.1) is 26.9 Å². The molecule has 0 aliphatic rings. The van der Waals surface area contributed by atoms with Crippen molar-refractivity contribution in [2.75, 3.05) is 26.6 Å². The maximum atomic E-state index is 12.5. The standard InChI is InChI=1S/C18H17N3O5/c1-23-12-6-4-11(5-7-12)17-20-21-18(26-17)19-16(22)14-10-13(24-2)8-9-15(14)25-3/h4-10H,1-3H3,(H,19,21,22). The Morgan fingerprint density at radius 1 is 0.923 bits per heavy atom. The lowest BCUT2D eigenvalue weighted by molar-refractivity contribution is 0.102. The number of anilines is 1. The summed E-state index contributed by atoms with van der Waals surface area (Å²) in [6.45, 7) is 0. The molecule has 0 aliphatic heterocycles. The lowest BCUT2D eigenvalue weighted by Crippen LogP contribution is -2.13. The first kappa shape index (κ1) is 17.3. The van der Waals surface area contributed by atoms with Gasteiger partial charge < -0.3 is 18.6 Å². The van der Waals surface area contributed by atoms with Crippen LogP contribution in [0.15, 0.2) is 46.9 Å². The number of benzene rings is 2. The normalized spacial score (nSPS) is 10.3. The highest BCUT2D eigenvalue weighted by Crippen LogP contribution is 2.26. The highest BCUT2D eigenvalue weighted by Gasteiger charge is 2.17. The molecule has 0 saturated heterocycles. The van der Waals surface area contributed by atoms with Gasteiger partial charge in [0.2, 0.25) is 5.89 Å². The van der Waals surface area contributed by atoms with E-state index in [1.165, 1.54) is 14.2 Å². The number of hydrogen-bond acceptors (Lipinski definition) is 7. The SMILES string of the molecule is COc1ccc(-c2nnc(NC(=O)c3cc(OC)ccc3OC)o2)cc1. The number of rotatable bonds is 6. The smallest absolute Gasteiger partial charge is 0.322 e. The zero-order chi connectivity index (χ0) is 18.5. The summed E-state index contributed by atoms with van der Waals surface area (Å²) in [7, 11) is 4.58. The molecule has 1 N–H and O–H groups in total. The Bertz CT molecular complexity index is 905. The van der Waals surface area contributed by atoms with E-state index in [2.05, 4.69) is 15.5 Å². The molecule has 1 aromatic heterocycles. The summed E-state index contributed by atoms with van der Waals surface area (Å²) in [6.07, 6.45) is 0. The van der Waals surface area contributed by atoms with Crippen LogP contribution in [-0.4, -0.2) is 37.4 Å². The van der Waals surface area contributed by atoms with Crippen LogP contribution in [0.25, 0.3) is 11.5 Å². The second kappa shape index (κ2) is 7.56. The molecule has 0 fully saturated rings. The number of carbonyl (C=O) groups excluding carboxylic acids is 1. The van der Waals surface area contributed by atoms with Crippen molar-refractivity contribution in [3.05, 3.63) is 48.0 Å². The Kier molecular flexibility index (Phi) is 5.02. The van der Waals surface area contributed by atoms with Crippen molar-refractivity contribution in [3.63, 3.8) is 0 Å². The molecule has 2 aromatic carbocycles. The highest BCUT2D eigenvalue weighted by molar-refractivity contribution is 6.05. The van der Waals surface area contributed by atoms with Gasteiger partial charge in [0, 0.05) is 5.56 Å². The van der Waals surface area contributed by atoms with Crippen LogP contribution in [0.3, 0.4) is 0 Å². The van der Waals surface area contributed by atoms with Gasteiger partial charge in [-0.2, -0.15) is 0 Å². The van der Waals surface area contributed by atoms with Crippen molar-refractivity contribution in [3.8, 4) is 28.7 Å². The molecular formula is C18H17N3O5. The van der Waals surface area contributed by atoms with Crippen molar-refractivity contribution in [2.24, 2.45) is 0 Å². The molecule has 0 bridgehead atoms. The zero-order valence-electron chi connectivity index (χ0n) is 14.5. The molecule has 3 aromatic rings. The summed E-state index contributed by atoms with van der Waals surface area (Å²) in [4.78, 5) is 12.5. The number of ether oxygens (including phenoxy) is 3. The Hall–Kier alpha value is -3.55. The average molecular weight is 355 g/mol. The molecule has 1 heterocycles. The van der Waals surface area contributed by atoms with Gasteiger partial charge in [-0.05, 0) is 42.5 Å². The fourth-order valence-corrected chi connectivity index (χ4v) is 2.28. The van der Waals surface area contributed by atoms with Crippen LogP contribution >= 0.6 is 0 Å².